The Labute approximate surface area is 111 Å². The molecule has 0 aliphatic rings. The van der Waals surface area contributed by atoms with E-state index in [1.165, 1.54) is 6.92 Å². The maximum Gasteiger partial charge on any atom is 0.287 e. The number of hydrogen-bond acceptors (Lipinski definition) is 4. The molecule has 0 bridgehead atoms. The molecule has 0 radical (unpaired) electrons. The van der Waals surface area contributed by atoms with Crippen molar-refractivity contribution in [2.75, 3.05) is 0 Å². The van der Waals surface area contributed by atoms with E-state index in [0.717, 1.165) is 18.9 Å². The normalized spacial score (nSPS) is 13.3. The zero-order chi connectivity index (χ0) is 13.9. The number of nitrogens with one attached hydrogen (secondary N) is 1. The van der Waals surface area contributed by atoms with Gasteiger partial charge in [-0.2, -0.15) is 0 Å². The van der Waals surface area contributed by atoms with Gasteiger partial charge in [0.05, 0.1) is 0 Å². The summed E-state index contributed by atoms with van der Waals surface area (Å²) < 4.78 is 27.5. The van der Waals surface area contributed by atoms with Crippen LogP contribution < -0.4 is 5.32 Å². The molecular formula is C11H16ClNO4S. The van der Waals surface area contributed by atoms with Crippen LogP contribution in [-0.4, -0.2) is 20.4 Å². The van der Waals surface area contributed by atoms with E-state index in [1.807, 2.05) is 13.8 Å². The quantitative estimate of drug-likeness (QED) is 0.846. The molecule has 0 aromatic carbocycles. The molecule has 1 rings (SSSR count). The molecule has 1 aromatic rings. The van der Waals surface area contributed by atoms with Crippen LogP contribution in [0, 0.1) is 6.92 Å². The molecule has 0 saturated heterocycles. The van der Waals surface area contributed by atoms with E-state index in [9.17, 15) is 13.2 Å². The van der Waals surface area contributed by atoms with E-state index in [-0.39, 0.29) is 22.5 Å². The monoisotopic (exact) mass is 293 g/mol. The van der Waals surface area contributed by atoms with Crippen molar-refractivity contribution < 1.29 is 17.6 Å². The van der Waals surface area contributed by atoms with Crippen molar-refractivity contribution >= 4 is 25.6 Å². The Morgan fingerprint density at radius 3 is 2.61 bits per heavy atom. The third-order valence-corrected chi connectivity index (χ3v) is 3.89. The number of amides is 1. The van der Waals surface area contributed by atoms with E-state index >= 15 is 0 Å². The average Bonchev–Trinajstić information content (AvgIpc) is 2.60. The van der Waals surface area contributed by atoms with Crippen molar-refractivity contribution in [2.45, 2.75) is 44.6 Å². The lowest BCUT2D eigenvalue weighted by Gasteiger charge is -2.10. The van der Waals surface area contributed by atoms with Crippen molar-refractivity contribution in [2.24, 2.45) is 0 Å². The van der Waals surface area contributed by atoms with Crippen LogP contribution in [0.25, 0.3) is 0 Å². The molecule has 0 aliphatic carbocycles. The number of carbonyl (C=O) groups is 1. The van der Waals surface area contributed by atoms with Gasteiger partial charge in [-0.3, -0.25) is 4.79 Å². The smallest absolute Gasteiger partial charge is 0.287 e. The largest absolute Gasteiger partial charge is 0.455 e. The number of hydrogen-bond donors (Lipinski definition) is 1. The molecule has 1 atom stereocenters. The van der Waals surface area contributed by atoms with Gasteiger partial charge in [0.2, 0.25) is 0 Å². The van der Waals surface area contributed by atoms with Gasteiger partial charge in [0.1, 0.15) is 10.7 Å². The fourth-order valence-corrected chi connectivity index (χ4v) is 2.71. The van der Waals surface area contributed by atoms with Crippen LogP contribution in [-0.2, 0) is 9.05 Å². The van der Waals surface area contributed by atoms with E-state index in [1.54, 1.807) is 0 Å². The molecule has 1 unspecified atom stereocenters. The Hall–Kier alpha value is -1.01. The van der Waals surface area contributed by atoms with E-state index in [4.69, 9.17) is 15.1 Å². The van der Waals surface area contributed by atoms with Crippen LogP contribution in [0.5, 0.6) is 0 Å². The summed E-state index contributed by atoms with van der Waals surface area (Å²) in [5.74, 6) is -0.376. The van der Waals surface area contributed by atoms with Crippen LogP contribution >= 0.6 is 10.7 Å². The summed E-state index contributed by atoms with van der Waals surface area (Å²) in [5.41, 5.74) is 0. The molecule has 1 N–H and O–H groups in total. The van der Waals surface area contributed by atoms with Crippen LogP contribution in [0.2, 0.25) is 0 Å². The Bertz CT molecular complexity index is 535. The number of aryl methyl sites for hydroxylation is 1. The molecule has 0 saturated carbocycles. The zero-order valence-electron chi connectivity index (χ0n) is 10.5. The SMILES string of the molecule is CCCC(C)NC(=O)c1cc(S(=O)(=O)Cl)c(C)o1. The van der Waals surface area contributed by atoms with Gasteiger partial charge in [-0.1, -0.05) is 13.3 Å². The van der Waals surface area contributed by atoms with Gasteiger partial charge >= 0.3 is 0 Å². The van der Waals surface area contributed by atoms with Gasteiger partial charge in [-0.05, 0) is 20.3 Å². The minimum atomic E-state index is -3.89. The molecule has 102 valence electrons. The van der Waals surface area contributed by atoms with Crippen LogP contribution in [0.3, 0.4) is 0 Å². The molecule has 7 heteroatoms. The Morgan fingerprint density at radius 1 is 1.56 bits per heavy atom. The van der Waals surface area contributed by atoms with E-state index in [0.29, 0.717) is 0 Å². The predicted octanol–water partition coefficient (Wildman–Crippen LogP) is 2.43. The van der Waals surface area contributed by atoms with Crippen molar-refractivity contribution in [1.82, 2.24) is 5.32 Å². The first kappa shape index (κ1) is 15.0. The highest BCUT2D eigenvalue weighted by Crippen LogP contribution is 2.23. The second kappa shape index (κ2) is 5.75. The lowest BCUT2D eigenvalue weighted by molar-refractivity contribution is 0.0909. The summed E-state index contributed by atoms with van der Waals surface area (Å²) in [6.45, 7) is 5.33. The number of rotatable bonds is 5. The van der Waals surface area contributed by atoms with Crippen molar-refractivity contribution in [3.05, 3.63) is 17.6 Å². The molecule has 0 aliphatic heterocycles. The summed E-state index contributed by atoms with van der Waals surface area (Å²) in [5, 5.41) is 2.72. The standard InChI is InChI=1S/C11H16ClNO4S/c1-4-5-7(2)13-11(14)9-6-10(8(3)17-9)18(12,15)16/h6-7H,4-5H2,1-3H3,(H,13,14). The third kappa shape index (κ3) is 3.74. The highest BCUT2D eigenvalue weighted by Gasteiger charge is 2.22. The maximum absolute atomic E-state index is 11.8. The van der Waals surface area contributed by atoms with Gasteiger partial charge in [-0.25, -0.2) is 8.42 Å². The predicted molar refractivity (Wildman–Crippen MR) is 68.3 cm³/mol. The molecule has 1 aromatic heterocycles. The van der Waals surface area contributed by atoms with Crippen LogP contribution in [0.1, 0.15) is 43.0 Å². The van der Waals surface area contributed by atoms with Crippen LogP contribution in [0.15, 0.2) is 15.4 Å². The molecule has 1 amide bonds. The van der Waals surface area contributed by atoms with Gasteiger partial charge in [0.15, 0.2) is 5.76 Å². The molecule has 18 heavy (non-hydrogen) atoms. The van der Waals surface area contributed by atoms with Crippen molar-refractivity contribution in [1.29, 1.82) is 0 Å². The Kier molecular flexibility index (Phi) is 4.81. The van der Waals surface area contributed by atoms with Crippen LogP contribution in [0.4, 0.5) is 0 Å². The highest BCUT2D eigenvalue weighted by atomic mass is 35.7. The first-order chi connectivity index (χ1) is 8.25. The van der Waals surface area contributed by atoms with Gasteiger partial charge < -0.3 is 9.73 Å². The fraction of sp³-hybridized carbons (Fsp3) is 0.545. The minimum absolute atomic E-state index is 0.00367. The lowest BCUT2D eigenvalue weighted by Crippen LogP contribution is -2.32. The van der Waals surface area contributed by atoms with Crippen molar-refractivity contribution in [3.8, 4) is 0 Å². The number of halogens is 1. The zero-order valence-corrected chi connectivity index (χ0v) is 12.1. The summed E-state index contributed by atoms with van der Waals surface area (Å²) in [6.07, 6.45) is 1.78. The summed E-state index contributed by atoms with van der Waals surface area (Å²) in [7, 11) is 1.33. The van der Waals surface area contributed by atoms with Crippen molar-refractivity contribution in [3.63, 3.8) is 0 Å². The summed E-state index contributed by atoms with van der Waals surface area (Å²) >= 11 is 0. The van der Waals surface area contributed by atoms with E-state index in [2.05, 4.69) is 5.32 Å². The maximum atomic E-state index is 11.8. The fourth-order valence-electron chi connectivity index (χ4n) is 1.62. The number of carbonyl (C=O) groups excluding carboxylic acids is 1. The molecule has 5 nitrogen and oxygen atoms in total. The average molecular weight is 294 g/mol. The van der Waals surface area contributed by atoms with Gasteiger partial charge in [0, 0.05) is 22.8 Å². The minimum Gasteiger partial charge on any atom is -0.455 e. The Balaban J connectivity index is 2.89. The topological polar surface area (TPSA) is 76.4 Å². The highest BCUT2D eigenvalue weighted by molar-refractivity contribution is 8.13. The Morgan fingerprint density at radius 2 is 2.17 bits per heavy atom. The van der Waals surface area contributed by atoms with Gasteiger partial charge in [-0.15, -0.1) is 0 Å². The molecule has 1 heterocycles. The second-order valence-corrected chi connectivity index (χ2v) is 6.67. The molecule has 0 spiro atoms. The second-order valence-electron chi connectivity index (χ2n) is 4.13. The third-order valence-electron chi connectivity index (χ3n) is 2.46. The first-order valence-electron chi connectivity index (χ1n) is 5.61. The number of furan rings is 1. The molecular weight excluding hydrogens is 278 g/mol. The summed E-state index contributed by atoms with van der Waals surface area (Å²) in [4.78, 5) is 11.6. The summed E-state index contributed by atoms with van der Waals surface area (Å²) in [6, 6.07) is 1.15. The first-order valence-corrected chi connectivity index (χ1v) is 7.92. The lowest BCUT2D eigenvalue weighted by atomic mass is 10.2. The molecule has 0 fully saturated rings. The van der Waals surface area contributed by atoms with E-state index < -0.39 is 15.0 Å². The van der Waals surface area contributed by atoms with Gasteiger partial charge in [0.25, 0.3) is 15.0 Å².